The number of carbonyl (C=O) groups is 2. The molecule has 3 aromatic rings. The molecular weight excluding hydrogens is 576 g/mol. The summed E-state index contributed by atoms with van der Waals surface area (Å²) in [6, 6.07) is 9.12. The highest BCUT2D eigenvalue weighted by Gasteiger charge is 2.52. The van der Waals surface area contributed by atoms with Crippen LogP contribution < -0.4 is 5.32 Å². The van der Waals surface area contributed by atoms with Crippen LogP contribution in [0.4, 0.5) is 0 Å². The molecule has 10 nitrogen and oxygen atoms in total. The molecule has 1 fully saturated rings. The van der Waals surface area contributed by atoms with Crippen LogP contribution in [0.1, 0.15) is 113 Å². The van der Waals surface area contributed by atoms with E-state index in [2.05, 4.69) is 77.4 Å². The van der Waals surface area contributed by atoms with Gasteiger partial charge in [0.2, 0.25) is 0 Å². The van der Waals surface area contributed by atoms with Gasteiger partial charge in [0.25, 0.3) is 11.8 Å². The molecule has 0 saturated heterocycles. The number of H-pyrrole nitrogens is 1. The number of nitrogens with one attached hydrogen (secondary N) is 2. The summed E-state index contributed by atoms with van der Waals surface area (Å²) in [5.74, 6) is 0.627. The number of benzene rings is 1. The van der Waals surface area contributed by atoms with Gasteiger partial charge in [-0.15, -0.1) is 10.2 Å². The average molecular weight is 619 g/mol. The summed E-state index contributed by atoms with van der Waals surface area (Å²) >= 11 is 6.32. The minimum Gasteiger partial charge on any atom is -0.345 e. The van der Waals surface area contributed by atoms with Crippen molar-refractivity contribution in [2.45, 2.75) is 98.3 Å². The summed E-state index contributed by atoms with van der Waals surface area (Å²) in [5, 5.41) is 17.0. The number of halogens is 1. The summed E-state index contributed by atoms with van der Waals surface area (Å²) in [6.45, 7) is 13.7. The predicted octanol–water partition coefficient (Wildman–Crippen LogP) is 6.31. The summed E-state index contributed by atoms with van der Waals surface area (Å²) in [6.07, 6.45) is 8.48. The van der Waals surface area contributed by atoms with Crippen LogP contribution >= 0.6 is 11.6 Å². The van der Waals surface area contributed by atoms with Gasteiger partial charge in [-0.1, -0.05) is 70.5 Å². The molecule has 1 aliphatic heterocycles. The first kappa shape index (κ1) is 31.8. The fraction of sp³-hybridized carbons (Fsp3) is 0.545. The molecular formula is C33H43ClN8O2. The molecule has 1 aromatic carbocycles. The van der Waals surface area contributed by atoms with Gasteiger partial charge >= 0.3 is 0 Å². The zero-order chi connectivity index (χ0) is 31.7. The normalized spacial score (nSPS) is 21.4. The van der Waals surface area contributed by atoms with Gasteiger partial charge < -0.3 is 10.2 Å². The van der Waals surface area contributed by atoms with Crippen molar-refractivity contribution in [2.75, 3.05) is 0 Å². The molecule has 0 radical (unpaired) electrons. The molecule has 11 heteroatoms. The highest BCUT2D eigenvalue weighted by Crippen LogP contribution is 2.50. The van der Waals surface area contributed by atoms with Crippen LogP contribution in [0.25, 0.3) is 0 Å². The Morgan fingerprint density at radius 2 is 1.82 bits per heavy atom. The SMILES string of the molecule is CC(C)(C)CC[C@H](c1ccc(C(=O)NCc2nn[nH]n2)cc1)N1C(=O)C(c2cncc(Cl)c2)=NC12CCC(C(C)(C)C)CC2. The average Bonchev–Trinajstić information content (AvgIpc) is 3.58. The first-order valence-corrected chi connectivity index (χ1v) is 15.8. The standard InChI is InChI=1S/C33H43ClN8O2/c1-31(2,3)14-13-26(21-7-9-22(10-8-21)29(43)36-20-27-38-40-41-39-27)42-30(44)28(23-17-25(34)19-35-18-23)37-33(42)15-11-24(12-16-33)32(4,5)6/h7-10,17-19,24,26H,11-16,20H2,1-6H3,(H,36,43)(H,38,39,40,41)/t24?,26-,33?/m1/s1. The Bertz CT molecular complexity index is 1500. The molecule has 1 saturated carbocycles. The lowest BCUT2D eigenvalue weighted by Gasteiger charge is -2.47. The number of pyridine rings is 1. The lowest BCUT2D eigenvalue weighted by Crippen LogP contribution is -2.51. The minimum absolute atomic E-state index is 0.0631. The van der Waals surface area contributed by atoms with E-state index in [0.717, 1.165) is 44.1 Å². The smallest absolute Gasteiger partial charge is 0.275 e. The number of aliphatic imine (C=N–C) groups is 1. The van der Waals surface area contributed by atoms with Crippen LogP contribution in [-0.2, 0) is 11.3 Å². The Morgan fingerprint density at radius 1 is 1.11 bits per heavy atom. The maximum absolute atomic E-state index is 14.5. The lowest BCUT2D eigenvalue weighted by atomic mass is 9.69. The Morgan fingerprint density at radius 3 is 2.41 bits per heavy atom. The Labute approximate surface area is 264 Å². The molecule has 44 heavy (non-hydrogen) atoms. The van der Waals surface area contributed by atoms with Crippen molar-refractivity contribution < 1.29 is 9.59 Å². The molecule has 2 aliphatic rings. The number of hydrogen-bond donors (Lipinski definition) is 2. The van der Waals surface area contributed by atoms with Crippen molar-refractivity contribution in [3.05, 3.63) is 70.3 Å². The van der Waals surface area contributed by atoms with E-state index in [1.54, 1.807) is 18.5 Å². The van der Waals surface area contributed by atoms with Gasteiger partial charge in [0.15, 0.2) is 5.82 Å². The minimum atomic E-state index is -0.653. The first-order chi connectivity index (χ1) is 20.8. The van der Waals surface area contributed by atoms with Crippen LogP contribution in [0.3, 0.4) is 0 Å². The fourth-order valence-corrected chi connectivity index (χ4v) is 6.64. The number of hydrogen-bond acceptors (Lipinski definition) is 7. The van der Waals surface area contributed by atoms with E-state index < -0.39 is 5.66 Å². The third kappa shape index (κ3) is 7.01. The molecule has 2 amide bonds. The quantitative estimate of drug-likeness (QED) is 0.304. The monoisotopic (exact) mass is 618 g/mol. The summed E-state index contributed by atoms with van der Waals surface area (Å²) in [7, 11) is 0. The van der Waals surface area contributed by atoms with Gasteiger partial charge in [-0.2, -0.15) is 5.21 Å². The molecule has 5 rings (SSSR count). The van der Waals surface area contributed by atoms with Crippen LogP contribution in [0.2, 0.25) is 5.02 Å². The lowest BCUT2D eigenvalue weighted by molar-refractivity contribution is -0.134. The Kier molecular flexibility index (Phi) is 8.94. The number of aromatic nitrogens is 5. The third-order valence-electron chi connectivity index (χ3n) is 9.01. The van der Waals surface area contributed by atoms with E-state index in [9.17, 15) is 9.59 Å². The summed E-state index contributed by atoms with van der Waals surface area (Å²) in [4.78, 5) is 39.0. The summed E-state index contributed by atoms with van der Waals surface area (Å²) < 4.78 is 0. The molecule has 0 bridgehead atoms. The Balaban J connectivity index is 1.49. The van der Waals surface area contributed by atoms with E-state index >= 15 is 0 Å². The van der Waals surface area contributed by atoms with Gasteiger partial charge in [-0.25, -0.2) is 0 Å². The van der Waals surface area contributed by atoms with Gasteiger partial charge in [-0.3, -0.25) is 19.6 Å². The van der Waals surface area contributed by atoms with E-state index in [0.29, 0.717) is 33.6 Å². The van der Waals surface area contributed by atoms with E-state index in [1.165, 1.54) is 0 Å². The molecule has 1 aliphatic carbocycles. The topological polar surface area (TPSA) is 129 Å². The van der Waals surface area contributed by atoms with Crippen LogP contribution in [-0.4, -0.2) is 53.7 Å². The van der Waals surface area contributed by atoms with E-state index in [-0.39, 0.29) is 35.2 Å². The van der Waals surface area contributed by atoms with Crippen molar-refractivity contribution in [2.24, 2.45) is 21.7 Å². The van der Waals surface area contributed by atoms with E-state index in [4.69, 9.17) is 16.6 Å². The van der Waals surface area contributed by atoms with Gasteiger partial charge in [0, 0.05) is 23.5 Å². The molecule has 2 aromatic heterocycles. The van der Waals surface area contributed by atoms with Crippen LogP contribution in [0.15, 0.2) is 47.7 Å². The van der Waals surface area contributed by atoms with Crippen LogP contribution in [0, 0.1) is 16.7 Å². The molecule has 1 atom stereocenters. The molecule has 0 unspecified atom stereocenters. The number of nitrogens with zero attached hydrogens (tertiary/aromatic N) is 6. The molecule has 1 spiro atoms. The van der Waals surface area contributed by atoms with Crippen molar-refractivity contribution in [1.82, 2.24) is 35.8 Å². The Hall–Kier alpha value is -3.66. The zero-order valence-electron chi connectivity index (χ0n) is 26.5. The second-order valence-electron chi connectivity index (χ2n) is 14.4. The van der Waals surface area contributed by atoms with Crippen molar-refractivity contribution >= 4 is 29.1 Å². The van der Waals surface area contributed by atoms with Gasteiger partial charge in [0.05, 0.1) is 17.6 Å². The number of tetrazole rings is 1. The maximum Gasteiger partial charge on any atom is 0.275 e. The van der Waals surface area contributed by atoms with Crippen LogP contribution in [0.5, 0.6) is 0 Å². The first-order valence-electron chi connectivity index (χ1n) is 15.4. The molecule has 3 heterocycles. The molecule has 2 N–H and O–H groups in total. The van der Waals surface area contributed by atoms with Crippen molar-refractivity contribution in [1.29, 1.82) is 0 Å². The fourth-order valence-electron chi connectivity index (χ4n) is 6.46. The summed E-state index contributed by atoms with van der Waals surface area (Å²) in [5.41, 5.74) is 2.16. The predicted molar refractivity (Wildman–Crippen MR) is 170 cm³/mol. The third-order valence-corrected chi connectivity index (χ3v) is 9.22. The second kappa shape index (κ2) is 12.4. The molecule has 234 valence electrons. The number of carbonyl (C=O) groups excluding carboxylic acids is 2. The highest BCUT2D eigenvalue weighted by molar-refractivity contribution is 6.47. The number of amides is 2. The zero-order valence-corrected chi connectivity index (χ0v) is 27.3. The largest absolute Gasteiger partial charge is 0.345 e. The highest BCUT2D eigenvalue weighted by atomic mass is 35.5. The van der Waals surface area contributed by atoms with Gasteiger partial charge in [0.1, 0.15) is 11.4 Å². The number of rotatable bonds is 8. The van der Waals surface area contributed by atoms with Gasteiger partial charge in [-0.05, 0) is 79.0 Å². The second-order valence-corrected chi connectivity index (χ2v) is 14.8. The van der Waals surface area contributed by atoms with Crippen molar-refractivity contribution in [3.8, 4) is 0 Å². The van der Waals surface area contributed by atoms with E-state index in [1.807, 2.05) is 24.3 Å². The number of aromatic amines is 1. The van der Waals surface area contributed by atoms with Crippen molar-refractivity contribution in [3.63, 3.8) is 0 Å². The maximum atomic E-state index is 14.5.